The topological polar surface area (TPSA) is 59.4 Å². The second kappa shape index (κ2) is 8.11. The van der Waals surface area contributed by atoms with E-state index in [0.717, 1.165) is 55.7 Å². The van der Waals surface area contributed by atoms with Crippen LogP contribution >= 0.6 is 0 Å². The standard InChI is InChI=1S/C21H32N4O/c1-15-10-16(2)12-25(11-15)19-8-4-7-18(23-3)20(19)21(22)24-9-5-6-17(13-24)14-26/h4,7-8,14-17,22-23H,5-6,9-13H2,1-3H3. The first-order chi connectivity index (χ1) is 12.5. The first-order valence-corrected chi connectivity index (χ1v) is 9.88. The average Bonchev–Trinajstić information content (AvgIpc) is 2.66. The summed E-state index contributed by atoms with van der Waals surface area (Å²) in [4.78, 5) is 15.8. The number of nitrogens with one attached hydrogen (secondary N) is 2. The summed E-state index contributed by atoms with van der Waals surface area (Å²) in [6, 6.07) is 6.27. The number of nitrogens with zero attached hydrogens (tertiary/aromatic N) is 2. The smallest absolute Gasteiger partial charge is 0.132 e. The molecule has 0 saturated carbocycles. The number of carbonyl (C=O) groups is 1. The summed E-state index contributed by atoms with van der Waals surface area (Å²) in [5, 5.41) is 12.2. The highest BCUT2D eigenvalue weighted by Gasteiger charge is 2.29. The van der Waals surface area contributed by atoms with Crippen molar-refractivity contribution in [1.82, 2.24) is 4.90 Å². The molecule has 3 unspecified atom stereocenters. The van der Waals surface area contributed by atoms with Gasteiger partial charge in [0.05, 0.1) is 5.56 Å². The molecule has 2 N–H and O–H groups in total. The zero-order chi connectivity index (χ0) is 18.7. The maximum absolute atomic E-state index is 11.3. The van der Waals surface area contributed by atoms with Crippen LogP contribution in [0.15, 0.2) is 18.2 Å². The number of hydrogen-bond acceptors (Lipinski definition) is 4. The lowest BCUT2D eigenvalue weighted by molar-refractivity contribution is -0.112. The van der Waals surface area contributed by atoms with Gasteiger partial charge in [-0.3, -0.25) is 5.41 Å². The predicted octanol–water partition coefficient (Wildman–Crippen LogP) is 3.45. The fourth-order valence-corrected chi connectivity index (χ4v) is 4.60. The van der Waals surface area contributed by atoms with Crippen LogP contribution in [0.3, 0.4) is 0 Å². The van der Waals surface area contributed by atoms with Gasteiger partial charge in [-0.15, -0.1) is 0 Å². The molecular weight excluding hydrogens is 324 g/mol. The van der Waals surface area contributed by atoms with Gasteiger partial charge in [0.15, 0.2) is 0 Å². The van der Waals surface area contributed by atoms with Crippen LogP contribution in [0.5, 0.6) is 0 Å². The molecule has 1 aromatic rings. The Balaban J connectivity index is 1.94. The van der Waals surface area contributed by atoms with Gasteiger partial charge in [-0.1, -0.05) is 19.9 Å². The Kier molecular flexibility index (Phi) is 5.84. The van der Waals surface area contributed by atoms with Crippen LogP contribution in [0.25, 0.3) is 0 Å². The van der Waals surface area contributed by atoms with E-state index in [1.807, 2.05) is 13.1 Å². The van der Waals surface area contributed by atoms with Crippen LogP contribution in [0, 0.1) is 23.2 Å². The monoisotopic (exact) mass is 356 g/mol. The van der Waals surface area contributed by atoms with Gasteiger partial charge in [0.2, 0.25) is 0 Å². The van der Waals surface area contributed by atoms with Crippen LogP contribution < -0.4 is 10.2 Å². The van der Waals surface area contributed by atoms with E-state index in [1.54, 1.807) is 0 Å². The summed E-state index contributed by atoms with van der Waals surface area (Å²) < 4.78 is 0. The number of piperidine rings is 2. The number of rotatable bonds is 4. The average molecular weight is 357 g/mol. The normalized spacial score (nSPS) is 26.5. The third kappa shape index (κ3) is 3.87. The molecule has 2 saturated heterocycles. The van der Waals surface area contributed by atoms with Crippen molar-refractivity contribution in [1.29, 1.82) is 5.41 Å². The van der Waals surface area contributed by atoms with Crippen LogP contribution in [0.1, 0.15) is 38.7 Å². The quantitative estimate of drug-likeness (QED) is 0.493. The number of likely N-dealkylation sites (tertiary alicyclic amines) is 1. The van der Waals surface area contributed by atoms with E-state index >= 15 is 0 Å². The fourth-order valence-electron chi connectivity index (χ4n) is 4.60. The van der Waals surface area contributed by atoms with E-state index < -0.39 is 0 Å². The van der Waals surface area contributed by atoms with Crippen molar-refractivity contribution >= 4 is 23.5 Å². The SMILES string of the molecule is CNc1cccc(N2CC(C)CC(C)C2)c1C(=N)N1CCCC(C=O)C1. The molecule has 0 aromatic heterocycles. The summed E-state index contributed by atoms with van der Waals surface area (Å²) in [6.45, 7) is 8.22. The number of benzene rings is 1. The molecule has 3 rings (SSSR count). The highest BCUT2D eigenvalue weighted by molar-refractivity contribution is 6.06. The first kappa shape index (κ1) is 18.7. The summed E-state index contributed by atoms with van der Waals surface area (Å²) in [7, 11) is 1.92. The molecule has 0 bridgehead atoms. The van der Waals surface area contributed by atoms with E-state index in [4.69, 9.17) is 5.41 Å². The molecule has 5 heteroatoms. The van der Waals surface area contributed by atoms with Gasteiger partial charge in [0.25, 0.3) is 0 Å². The molecule has 2 heterocycles. The summed E-state index contributed by atoms with van der Waals surface area (Å²) in [6.07, 6.45) is 4.23. The summed E-state index contributed by atoms with van der Waals surface area (Å²) in [5.74, 6) is 1.91. The van der Waals surface area contributed by atoms with Crippen LogP contribution in [-0.2, 0) is 4.79 Å². The lowest BCUT2D eigenvalue weighted by Gasteiger charge is -2.39. The number of aldehydes is 1. The zero-order valence-corrected chi connectivity index (χ0v) is 16.3. The number of hydrogen-bond donors (Lipinski definition) is 2. The van der Waals surface area contributed by atoms with Gasteiger partial charge in [-0.25, -0.2) is 0 Å². The lowest BCUT2D eigenvalue weighted by atomic mass is 9.90. The maximum Gasteiger partial charge on any atom is 0.132 e. The third-order valence-electron chi connectivity index (χ3n) is 5.72. The number of anilines is 2. The molecule has 2 aliphatic rings. The molecule has 0 radical (unpaired) electrons. The molecule has 2 aliphatic heterocycles. The molecule has 0 aliphatic carbocycles. The van der Waals surface area contributed by atoms with Crippen molar-refractivity contribution in [3.63, 3.8) is 0 Å². The highest BCUT2D eigenvalue weighted by atomic mass is 16.1. The maximum atomic E-state index is 11.3. The van der Waals surface area contributed by atoms with Crippen LogP contribution in [0.4, 0.5) is 11.4 Å². The van der Waals surface area contributed by atoms with Crippen molar-refractivity contribution in [2.75, 3.05) is 43.4 Å². The van der Waals surface area contributed by atoms with E-state index in [9.17, 15) is 4.79 Å². The minimum absolute atomic E-state index is 0.0457. The molecule has 142 valence electrons. The minimum Gasteiger partial charge on any atom is -0.387 e. The second-order valence-electron chi connectivity index (χ2n) is 8.13. The van der Waals surface area contributed by atoms with Crippen LogP contribution in [-0.4, -0.2) is 50.2 Å². The fraction of sp³-hybridized carbons (Fsp3) is 0.619. The Labute approximate surface area is 157 Å². The Hall–Kier alpha value is -2.04. The minimum atomic E-state index is 0.0457. The molecule has 26 heavy (non-hydrogen) atoms. The second-order valence-corrected chi connectivity index (χ2v) is 8.13. The van der Waals surface area contributed by atoms with Gasteiger partial charge in [0.1, 0.15) is 12.1 Å². The Bertz CT molecular complexity index is 649. The van der Waals surface area contributed by atoms with Gasteiger partial charge >= 0.3 is 0 Å². The molecule has 2 fully saturated rings. The number of amidine groups is 1. The number of carbonyl (C=O) groups excluding carboxylic acids is 1. The van der Waals surface area contributed by atoms with E-state index in [-0.39, 0.29) is 5.92 Å². The van der Waals surface area contributed by atoms with E-state index in [0.29, 0.717) is 24.2 Å². The first-order valence-electron chi connectivity index (χ1n) is 9.88. The Morgan fingerprint density at radius 2 is 1.96 bits per heavy atom. The van der Waals surface area contributed by atoms with Gasteiger partial charge < -0.3 is 19.9 Å². The Morgan fingerprint density at radius 3 is 2.62 bits per heavy atom. The van der Waals surface area contributed by atoms with Crippen molar-refractivity contribution in [2.45, 2.75) is 33.1 Å². The summed E-state index contributed by atoms with van der Waals surface area (Å²) in [5.41, 5.74) is 3.11. The molecule has 5 nitrogen and oxygen atoms in total. The summed E-state index contributed by atoms with van der Waals surface area (Å²) >= 11 is 0. The van der Waals surface area contributed by atoms with Crippen molar-refractivity contribution in [3.8, 4) is 0 Å². The van der Waals surface area contributed by atoms with E-state index in [2.05, 4.69) is 41.1 Å². The van der Waals surface area contributed by atoms with Gasteiger partial charge in [-0.2, -0.15) is 0 Å². The van der Waals surface area contributed by atoms with Crippen molar-refractivity contribution in [3.05, 3.63) is 23.8 Å². The largest absolute Gasteiger partial charge is 0.387 e. The van der Waals surface area contributed by atoms with Crippen LogP contribution in [0.2, 0.25) is 0 Å². The molecule has 0 spiro atoms. The molecule has 1 aromatic carbocycles. The highest BCUT2D eigenvalue weighted by Crippen LogP contribution is 2.34. The zero-order valence-electron chi connectivity index (χ0n) is 16.3. The predicted molar refractivity (Wildman–Crippen MR) is 108 cm³/mol. The lowest BCUT2D eigenvalue weighted by Crippen LogP contribution is -2.43. The van der Waals surface area contributed by atoms with E-state index in [1.165, 1.54) is 6.42 Å². The third-order valence-corrected chi connectivity index (χ3v) is 5.72. The van der Waals surface area contributed by atoms with Crippen molar-refractivity contribution in [2.24, 2.45) is 17.8 Å². The molecular formula is C21H32N4O. The van der Waals surface area contributed by atoms with Gasteiger partial charge in [0, 0.05) is 50.5 Å². The van der Waals surface area contributed by atoms with Gasteiger partial charge in [-0.05, 0) is 43.2 Å². The van der Waals surface area contributed by atoms with Crippen molar-refractivity contribution < 1.29 is 4.79 Å². The molecule has 0 amide bonds. The molecule has 3 atom stereocenters. The Morgan fingerprint density at radius 1 is 1.23 bits per heavy atom.